The molecule has 1 fully saturated rings. The molecule has 0 bridgehead atoms. The molecule has 88 valence electrons. The van der Waals surface area contributed by atoms with Gasteiger partial charge in [0.15, 0.2) is 0 Å². The van der Waals surface area contributed by atoms with Crippen LogP contribution in [0.4, 0.5) is 0 Å². The summed E-state index contributed by atoms with van der Waals surface area (Å²) < 4.78 is 0. The molecule has 2 heterocycles. The van der Waals surface area contributed by atoms with Gasteiger partial charge in [0.25, 0.3) is 0 Å². The van der Waals surface area contributed by atoms with Gasteiger partial charge in [0.1, 0.15) is 0 Å². The lowest BCUT2D eigenvalue weighted by Gasteiger charge is -2.24. The second-order valence-corrected chi connectivity index (χ2v) is 5.12. The summed E-state index contributed by atoms with van der Waals surface area (Å²) in [6.45, 7) is 6.81. The van der Waals surface area contributed by atoms with Crippen LogP contribution in [-0.2, 0) is 6.54 Å². The Balaban J connectivity index is 1.90. The van der Waals surface area contributed by atoms with Gasteiger partial charge in [-0.25, -0.2) is 0 Å². The molecule has 2 rings (SSSR count). The summed E-state index contributed by atoms with van der Waals surface area (Å²) in [7, 11) is 2.03. The zero-order valence-electron chi connectivity index (χ0n) is 10.2. The van der Waals surface area contributed by atoms with Crippen LogP contribution in [0.3, 0.4) is 0 Å². The molecule has 16 heavy (non-hydrogen) atoms. The van der Waals surface area contributed by atoms with Crippen LogP contribution in [0.15, 0.2) is 24.4 Å². The summed E-state index contributed by atoms with van der Waals surface area (Å²) in [6.07, 6.45) is 3.15. The molecule has 0 amide bonds. The highest BCUT2D eigenvalue weighted by molar-refractivity contribution is 5.04. The van der Waals surface area contributed by atoms with Gasteiger partial charge in [-0.05, 0) is 37.6 Å². The smallest absolute Gasteiger partial charge is 0.0543 e. The molecule has 1 aliphatic heterocycles. The molecule has 0 spiro atoms. The normalized spacial score (nSPS) is 26.1. The maximum Gasteiger partial charge on any atom is 0.0543 e. The van der Waals surface area contributed by atoms with E-state index in [4.69, 9.17) is 0 Å². The van der Waals surface area contributed by atoms with Crippen LogP contribution >= 0.6 is 0 Å². The Morgan fingerprint density at radius 3 is 3.06 bits per heavy atom. The van der Waals surface area contributed by atoms with Crippen molar-refractivity contribution in [2.75, 3.05) is 26.7 Å². The lowest BCUT2D eigenvalue weighted by atomic mass is 9.90. The Morgan fingerprint density at radius 2 is 2.38 bits per heavy atom. The van der Waals surface area contributed by atoms with E-state index in [0.29, 0.717) is 5.41 Å². The molecule has 1 saturated heterocycles. The molecule has 0 saturated carbocycles. The summed E-state index contributed by atoms with van der Waals surface area (Å²) in [5, 5.41) is 3.29. The highest BCUT2D eigenvalue weighted by Crippen LogP contribution is 2.29. The largest absolute Gasteiger partial charge is 0.319 e. The Hall–Kier alpha value is -0.930. The van der Waals surface area contributed by atoms with Gasteiger partial charge in [-0.1, -0.05) is 13.0 Å². The lowest BCUT2D eigenvalue weighted by molar-refractivity contribution is 0.263. The van der Waals surface area contributed by atoms with E-state index in [0.717, 1.165) is 13.1 Å². The molecule has 1 aliphatic rings. The maximum atomic E-state index is 4.38. The number of hydrogen-bond acceptors (Lipinski definition) is 3. The van der Waals surface area contributed by atoms with Crippen molar-refractivity contribution in [1.29, 1.82) is 0 Å². The molecule has 1 N–H and O–H groups in total. The van der Waals surface area contributed by atoms with Crippen LogP contribution in [0, 0.1) is 5.41 Å². The third-order valence-corrected chi connectivity index (χ3v) is 3.35. The Bertz CT molecular complexity index is 325. The number of aromatic nitrogens is 1. The Morgan fingerprint density at radius 1 is 1.50 bits per heavy atom. The van der Waals surface area contributed by atoms with E-state index in [2.05, 4.69) is 34.3 Å². The van der Waals surface area contributed by atoms with Crippen LogP contribution < -0.4 is 5.32 Å². The Labute approximate surface area is 97.9 Å². The predicted molar refractivity (Wildman–Crippen MR) is 66.2 cm³/mol. The topological polar surface area (TPSA) is 28.2 Å². The van der Waals surface area contributed by atoms with Gasteiger partial charge in [-0.15, -0.1) is 0 Å². The predicted octanol–water partition coefficient (Wildman–Crippen LogP) is 1.51. The average Bonchev–Trinajstić information content (AvgIpc) is 2.62. The lowest BCUT2D eigenvalue weighted by Crippen LogP contribution is -2.33. The van der Waals surface area contributed by atoms with Crippen molar-refractivity contribution >= 4 is 0 Å². The molecule has 1 atom stereocenters. The quantitative estimate of drug-likeness (QED) is 0.832. The highest BCUT2D eigenvalue weighted by Gasteiger charge is 2.32. The number of pyridine rings is 1. The SMILES string of the molecule is CNCC1(C)CCN(Cc2ccccn2)C1. The minimum absolute atomic E-state index is 0.434. The van der Waals surface area contributed by atoms with E-state index >= 15 is 0 Å². The van der Waals surface area contributed by atoms with E-state index in [-0.39, 0.29) is 0 Å². The number of likely N-dealkylation sites (tertiary alicyclic amines) is 1. The number of hydrogen-bond donors (Lipinski definition) is 1. The highest BCUT2D eigenvalue weighted by atomic mass is 15.2. The van der Waals surface area contributed by atoms with Crippen molar-refractivity contribution in [2.24, 2.45) is 5.41 Å². The van der Waals surface area contributed by atoms with Crippen LogP contribution in [0.5, 0.6) is 0 Å². The summed E-state index contributed by atoms with van der Waals surface area (Å²) in [6, 6.07) is 6.14. The third kappa shape index (κ3) is 2.80. The van der Waals surface area contributed by atoms with E-state index in [1.54, 1.807) is 0 Å². The minimum Gasteiger partial charge on any atom is -0.319 e. The molecule has 0 aromatic carbocycles. The van der Waals surface area contributed by atoms with Crippen LogP contribution in [-0.4, -0.2) is 36.6 Å². The van der Waals surface area contributed by atoms with Crippen LogP contribution in [0.1, 0.15) is 19.0 Å². The summed E-state index contributed by atoms with van der Waals surface area (Å²) in [5.41, 5.74) is 1.61. The van der Waals surface area contributed by atoms with Crippen molar-refractivity contribution in [3.63, 3.8) is 0 Å². The van der Waals surface area contributed by atoms with Gasteiger partial charge in [0.05, 0.1) is 5.69 Å². The van der Waals surface area contributed by atoms with E-state index in [9.17, 15) is 0 Å². The molecule has 0 aliphatic carbocycles. The first-order valence-electron chi connectivity index (χ1n) is 5.99. The molecule has 1 aromatic heterocycles. The molecular weight excluding hydrogens is 198 g/mol. The van der Waals surface area contributed by atoms with E-state index < -0.39 is 0 Å². The zero-order valence-corrected chi connectivity index (χ0v) is 10.2. The van der Waals surface area contributed by atoms with Crippen molar-refractivity contribution in [2.45, 2.75) is 19.9 Å². The van der Waals surface area contributed by atoms with Gasteiger partial charge < -0.3 is 5.32 Å². The third-order valence-electron chi connectivity index (χ3n) is 3.35. The Kier molecular flexibility index (Phi) is 3.56. The maximum absolute atomic E-state index is 4.38. The van der Waals surface area contributed by atoms with Gasteiger partial charge in [0.2, 0.25) is 0 Å². The second-order valence-electron chi connectivity index (χ2n) is 5.12. The fourth-order valence-corrected chi connectivity index (χ4v) is 2.55. The standard InChI is InChI=1S/C13H21N3/c1-13(10-14-2)6-8-16(11-13)9-12-5-3-4-7-15-12/h3-5,7,14H,6,8-11H2,1-2H3. The molecule has 0 radical (unpaired) electrons. The van der Waals surface area contributed by atoms with Crippen LogP contribution in [0.2, 0.25) is 0 Å². The van der Waals surface area contributed by atoms with Gasteiger partial charge in [-0.2, -0.15) is 0 Å². The second kappa shape index (κ2) is 4.93. The average molecular weight is 219 g/mol. The summed E-state index contributed by atoms with van der Waals surface area (Å²) >= 11 is 0. The van der Waals surface area contributed by atoms with Crippen LogP contribution in [0.25, 0.3) is 0 Å². The van der Waals surface area contributed by atoms with Crippen molar-refractivity contribution in [1.82, 2.24) is 15.2 Å². The fraction of sp³-hybridized carbons (Fsp3) is 0.615. The van der Waals surface area contributed by atoms with Crippen molar-refractivity contribution in [3.05, 3.63) is 30.1 Å². The first-order chi connectivity index (χ1) is 7.72. The number of nitrogens with one attached hydrogen (secondary N) is 1. The molecule has 3 nitrogen and oxygen atoms in total. The van der Waals surface area contributed by atoms with Gasteiger partial charge in [-0.3, -0.25) is 9.88 Å². The fourth-order valence-electron chi connectivity index (χ4n) is 2.55. The van der Waals surface area contributed by atoms with Gasteiger partial charge in [0, 0.05) is 25.8 Å². The van der Waals surface area contributed by atoms with E-state index in [1.807, 2.05) is 19.3 Å². The molecule has 1 aromatic rings. The molecule has 3 heteroatoms. The summed E-state index contributed by atoms with van der Waals surface area (Å²) in [4.78, 5) is 6.88. The number of nitrogens with zero attached hydrogens (tertiary/aromatic N) is 2. The zero-order chi connectivity index (χ0) is 11.4. The minimum atomic E-state index is 0.434. The molecule has 1 unspecified atom stereocenters. The number of rotatable bonds is 4. The summed E-state index contributed by atoms with van der Waals surface area (Å²) in [5.74, 6) is 0. The van der Waals surface area contributed by atoms with Crippen molar-refractivity contribution < 1.29 is 0 Å². The van der Waals surface area contributed by atoms with Crippen molar-refractivity contribution in [3.8, 4) is 0 Å². The first-order valence-corrected chi connectivity index (χ1v) is 5.99. The van der Waals surface area contributed by atoms with E-state index in [1.165, 1.54) is 25.2 Å². The first kappa shape index (κ1) is 11.6. The molecular formula is C13H21N3. The van der Waals surface area contributed by atoms with Gasteiger partial charge >= 0.3 is 0 Å². The monoisotopic (exact) mass is 219 g/mol.